The number of hydrogen-bond donors (Lipinski definition) is 0. The average Bonchev–Trinajstić information content (AvgIpc) is 2.23. The maximum atomic E-state index is 13.9. The minimum atomic E-state index is -6.92. The summed E-state index contributed by atoms with van der Waals surface area (Å²) in [6.07, 6.45) is -25.1. The molecule has 0 aliphatic rings. The third kappa shape index (κ3) is 2.74. The number of halogens is 10. The smallest absolute Gasteiger partial charge is 0.241 e. The molecular formula is C12H8F10. The van der Waals surface area contributed by atoms with Gasteiger partial charge in [0.25, 0.3) is 5.41 Å². The molecule has 0 nitrogen and oxygen atoms in total. The maximum absolute atomic E-state index is 13.9. The lowest BCUT2D eigenvalue weighted by Crippen LogP contribution is -2.62. The Kier molecular flexibility index (Phi) is 4.48. The first-order valence-corrected chi connectivity index (χ1v) is 5.57. The van der Waals surface area contributed by atoms with Crippen LogP contribution in [-0.4, -0.2) is 18.5 Å². The average molecular weight is 342 g/mol. The van der Waals surface area contributed by atoms with Gasteiger partial charge >= 0.3 is 18.5 Å². The molecule has 0 saturated carbocycles. The van der Waals surface area contributed by atoms with Gasteiger partial charge in [0.1, 0.15) is 0 Å². The standard InChI is InChI=1S/C12H8F10/c1-6-2-4-7(5-3-6)8(13)9(10(14,15)16,11(17,18)19)12(20,21)22/h2-5,8H,1H3. The van der Waals surface area contributed by atoms with Crippen molar-refractivity contribution in [1.82, 2.24) is 0 Å². The van der Waals surface area contributed by atoms with Gasteiger partial charge in [0, 0.05) is 0 Å². The zero-order valence-corrected chi connectivity index (χ0v) is 10.7. The van der Waals surface area contributed by atoms with Gasteiger partial charge in [-0.15, -0.1) is 0 Å². The van der Waals surface area contributed by atoms with Crippen LogP contribution in [-0.2, 0) is 0 Å². The minimum absolute atomic E-state index is 0.326. The zero-order chi connectivity index (χ0) is 17.6. The Balaban J connectivity index is 3.66. The molecule has 1 aromatic carbocycles. The fourth-order valence-electron chi connectivity index (χ4n) is 1.90. The van der Waals surface area contributed by atoms with E-state index in [9.17, 15) is 43.9 Å². The Morgan fingerprint density at radius 3 is 1.27 bits per heavy atom. The highest BCUT2D eigenvalue weighted by molar-refractivity contribution is 5.27. The Hall–Kier alpha value is -1.48. The summed E-state index contributed by atoms with van der Waals surface area (Å²) in [6.45, 7) is 1.38. The highest BCUT2D eigenvalue weighted by atomic mass is 19.4. The quantitative estimate of drug-likeness (QED) is 0.607. The largest absolute Gasteiger partial charge is 0.415 e. The molecule has 0 heterocycles. The van der Waals surface area contributed by atoms with E-state index in [4.69, 9.17) is 0 Å². The van der Waals surface area contributed by atoms with E-state index in [1.165, 1.54) is 6.92 Å². The lowest BCUT2D eigenvalue weighted by atomic mass is 9.77. The van der Waals surface area contributed by atoms with Crippen LogP contribution in [0.25, 0.3) is 0 Å². The number of aryl methyl sites for hydroxylation is 1. The van der Waals surface area contributed by atoms with Crippen molar-refractivity contribution in [3.8, 4) is 0 Å². The molecule has 1 unspecified atom stereocenters. The second kappa shape index (κ2) is 5.31. The van der Waals surface area contributed by atoms with Crippen molar-refractivity contribution >= 4 is 0 Å². The van der Waals surface area contributed by atoms with Gasteiger partial charge in [-0.25, -0.2) is 4.39 Å². The summed E-state index contributed by atoms with van der Waals surface area (Å²) in [7, 11) is 0. The molecule has 0 radical (unpaired) electrons. The van der Waals surface area contributed by atoms with E-state index >= 15 is 0 Å². The van der Waals surface area contributed by atoms with Crippen molar-refractivity contribution in [2.75, 3.05) is 0 Å². The molecule has 126 valence electrons. The van der Waals surface area contributed by atoms with Gasteiger partial charge in [0.2, 0.25) is 0 Å². The fraction of sp³-hybridized carbons (Fsp3) is 0.500. The first kappa shape index (κ1) is 18.6. The van der Waals surface area contributed by atoms with Crippen molar-refractivity contribution < 1.29 is 43.9 Å². The van der Waals surface area contributed by atoms with E-state index < -0.39 is 35.7 Å². The van der Waals surface area contributed by atoms with Crippen LogP contribution in [0.5, 0.6) is 0 Å². The number of alkyl halides is 10. The second-order valence-electron chi connectivity index (χ2n) is 4.57. The SMILES string of the molecule is Cc1ccc(C(F)C(C(F)(F)F)(C(F)(F)F)C(F)(F)F)cc1. The topological polar surface area (TPSA) is 0 Å². The molecule has 0 spiro atoms. The highest BCUT2D eigenvalue weighted by Crippen LogP contribution is 2.66. The monoisotopic (exact) mass is 342 g/mol. The van der Waals surface area contributed by atoms with Crippen molar-refractivity contribution in [1.29, 1.82) is 0 Å². The molecule has 1 rings (SSSR count). The van der Waals surface area contributed by atoms with E-state index in [0.29, 0.717) is 17.7 Å². The molecule has 0 fully saturated rings. The van der Waals surface area contributed by atoms with Crippen molar-refractivity contribution in [3.63, 3.8) is 0 Å². The predicted molar refractivity (Wildman–Crippen MR) is 55.6 cm³/mol. The van der Waals surface area contributed by atoms with Crippen LogP contribution in [0.15, 0.2) is 24.3 Å². The Morgan fingerprint density at radius 1 is 0.682 bits per heavy atom. The van der Waals surface area contributed by atoms with Crippen LogP contribution < -0.4 is 0 Å². The van der Waals surface area contributed by atoms with Crippen molar-refractivity contribution in [2.24, 2.45) is 5.41 Å². The molecule has 22 heavy (non-hydrogen) atoms. The summed E-state index contributed by atoms with van der Waals surface area (Å²) in [5.41, 5.74) is -7.53. The lowest BCUT2D eigenvalue weighted by Gasteiger charge is -2.40. The molecule has 0 N–H and O–H groups in total. The summed E-state index contributed by atoms with van der Waals surface area (Å²) in [5, 5.41) is 0. The number of benzene rings is 1. The van der Waals surface area contributed by atoms with Gasteiger partial charge in [-0.05, 0) is 12.5 Å². The third-order valence-electron chi connectivity index (χ3n) is 3.09. The van der Waals surface area contributed by atoms with Gasteiger partial charge < -0.3 is 0 Å². The van der Waals surface area contributed by atoms with Crippen LogP contribution in [0.2, 0.25) is 0 Å². The fourth-order valence-corrected chi connectivity index (χ4v) is 1.90. The van der Waals surface area contributed by atoms with Crippen molar-refractivity contribution in [2.45, 2.75) is 31.6 Å². The number of rotatable bonds is 2. The Labute approximate surface area is 117 Å². The van der Waals surface area contributed by atoms with Crippen LogP contribution in [0.4, 0.5) is 43.9 Å². The first-order valence-electron chi connectivity index (χ1n) is 5.57. The van der Waals surface area contributed by atoms with Crippen LogP contribution in [0.1, 0.15) is 17.3 Å². The second-order valence-corrected chi connectivity index (χ2v) is 4.57. The first-order chi connectivity index (χ1) is 9.66. The molecular weight excluding hydrogens is 334 g/mol. The van der Waals surface area contributed by atoms with E-state index in [1.54, 1.807) is 0 Å². The molecule has 0 aliphatic carbocycles. The Morgan fingerprint density at radius 2 is 1.00 bits per heavy atom. The molecule has 0 aliphatic heterocycles. The van der Waals surface area contributed by atoms with E-state index in [2.05, 4.69) is 0 Å². The highest BCUT2D eigenvalue weighted by Gasteiger charge is 2.87. The molecule has 0 aromatic heterocycles. The van der Waals surface area contributed by atoms with Gasteiger partial charge in [-0.2, -0.15) is 39.5 Å². The van der Waals surface area contributed by atoms with Gasteiger partial charge in [0.15, 0.2) is 6.17 Å². The summed E-state index contributed by atoms with van der Waals surface area (Å²) < 4.78 is 128. The maximum Gasteiger partial charge on any atom is 0.415 e. The zero-order valence-electron chi connectivity index (χ0n) is 10.7. The normalized spacial score (nSPS) is 15.8. The van der Waals surface area contributed by atoms with Gasteiger partial charge in [-0.3, -0.25) is 0 Å². The van der Waals surface area contributed by atoms with Gasteiger partial charge in [0.05, 0.1) is 0 Å². The minimum Gasteiger partial charge on any atom is -0.241 e. The molecule has 1 atom stereocenters. The number of hydrogen-bond acceptors (Lipinski definition) is 0. The lowest BCUT2D eigenvalue weighted by molar-refractivity contribution is -0.443. The molecule has 1 aromatic rings. The van der Waals surface area contributed by atoms with Crippen LogP contribution >= 0.6 is 0 Å². The predicted octanol–water partition coefficient (Wildman–Crippen LogP) is 5.68. The van der Waals surface area contributed by atoms with Crippen LogP contribution in [0.3, 0.4) is 0 Å². The van der Waals surface area contributed by atoms with Gasteiger partial charge in [-0.1, -0.05) is 29.8 Å². The van der Waals surface area contributed by atoms with Crippen LogP contribution in [0, 0.1) is 12.3 Å². The summed E-state index contributed by atoms with van der Waals surface area (Å²) in [4.78, 5) is 0. The van der Waals surface area contributed by atoms with Crippen molar-refractivity contribution in [3.05, 3.63) is 35.4 Å². The summed E-state index contributed by atoms with van der Waals surface area (Å²) in [6, 6.07) is 2.74. The molecule has 10 heteroatoms. The molecule has 0 bridgehead atoms. The van der Waals surface area contributed by atoms with E-state index in [1.807, 2.05) is 0 Å². The Bertz CT molecular complexity index is 469. The third-order valence-corrected chi connectivity index (χ3v) is 3.09. The summed E-state index contributed by atoms with van der Waals surface area (Å²) in [5.74, 6) is 0. The molecule has 0 amide bonds. The summed E-state index contributed by atoms with van der Waals surface area (Å²) >= 11 is 0. The molecule has 0 saturated heterocycles. The van der Waals surface area contributed by atoms with E-state index in [-0.39, 0.29) is 0 Å². The van der Waals surface area contributed by atoms with E-state index in [0.717, 1.165) is 12.1 Å².